The van der Waals surface area contributed by atoms with E-state index in [1.54, 1.807) is 12.3 Å². The normalized spacial score (nSPS) is 8.89. The highest BCUT2D eigenvalue weighted by atomic mass is 16.1. The van der Waals surface area contributed by atoms with E-state index >= 15 is 0 Å². The second-order valence-corrected chi connectivity index (χ2v) is 1.88. The lowest BCUT2D eigenvalue weighted by atomic mass is 9.99. The zero-order valence-corrected chi connectivity index (χ0v) is 5.16. The zero-order valence-electron chi connectivity index (χ0n) is 5.16. The van der Waals surface area contributed by atoms with E-state index in [9.17, 15) is 4.79 Å². The summed E-state index contributed by atoms with van der Waals surface area (Å²) in [5.41, 5.74) is 1.56. The number of aldehydes is 1. The highest BCUT2D eigenvalue weighted by Crippen LogP contribution is 1.83. The van der Waals surface area contributed by atoms with E-state index < -0.39 is 0 Å². The van der Waals surface area contributed by atoms with Crippen LogP contribution in [0.2, 0.25) is 0 Å². The molecule has 0 radical (unpaired) electrons. The van der Waals surface area contributed by atoms with Crippen LogP contribution in [0.4, 0.5) is 0 Å². The van der Waals surface area contributed by atoms with Crippen LogP contribution >= 0.6 is 0 Å². The van der Waals surface area contributed by atoms with Gasteiger partial charge in [-0.3, -0.25) is 9.78 Å². The second kappa shape index (κ2) is 2.44. The van der Waals surface area contributed by atoms with Gasteiger partial charge in [0.1, 0.15) is 13.5 Å². The maximum Gasteiger partial charge on any atom is 0.168 e. The fourth-order valence-electron chi connectivity index (χ4n) is 0.549. The summed E-state index contributed by atoms with van der Waals surface area (Å²) in [4.78, 5) is 13.9. The van der Waals surface area contributed by atoms with Gasteiger partial charge in [0, 0.05) is 6.20 Å². The Bertz CT molecular complexity index is 207. The van der Waals surface area contributed by atoms with Crippen molar-refractivity contribution in [2.45, 2.75) is 0 Å². The average Bonchev–Trinajstić information content (AvgIpc) is 1.90. The van der Waals surface area contributed by atoms with Crippen molar-refractivity contribution < 1.29 is 4.79 Å². The second-order valence-electron chi connectivity index (χ2n) is 1.88. The van der Waals surface area contributed by atoms with Crippen LogP contribution in [0.15, 0.2) is 18.3 Å². The summed E-state index contributed by atoms with van der Waals surface area (Å²) >= 11 is 0. The van der Waals surface area contributed by atoms with Crippen molar-refractivity contribution in [2.24, 2.45) is 0 Å². The minimum Gasteiger partial charge on any atom is -0.296 e. The van der Waals surface area contributed by atoms with Crippen LogP contribution < -0.4 is 5.46 Å². The quantitative estimate of drug-likeness (QED) is 0.356. The first-order valence-electron chi connectivity index (χ1n) is 2.71. The molecule has 0 spiro atoms. The van der Waals surface area contributed by atoms with Gasteiger partial charge < -0.3 is 0 Å². The van der Waals surface area contributed by atoms with Crippen LogP contribution in [0, 0.1) is 0 Å². The molecule has 0 aliphatic carbocycles. The van der Waals surface area contributed by atoms with Gasteiger partial charge in [-0.05, 0) is 6.07 Å². The molecule has 3 heteroatoms. The molecule has 1 aromatic heterocycles. The smallest absolute Gasteiger partial charge is 0.168 e. The van der Waals surface area contributed by atoms with E-state index in [2.05, 4.69) is 4.98 Å². The summed E-state index contributed by atoms with van der Waals surface area (Å²) in [7, 11) is 1.93. The van der Waals surface area contributed by atoms with Crippen LogP contribution in [0.3, 0.4) is 0 Å². The SMILES string of the molecule is Bc1ccc(C=O)nc1. The summed E-state index contributed by atoms with van der Waals surface area (Å²) < 4.78 is 0. The Labute approximate surface area is 54.3 Å². The molecule has 44 valence electrons. The molecule has 0 atom stereocenters. The Hall–Kier alpha value is -1.12. The predicted molar refractivity (Wildman–Crippen MR) is 37.8 cm³/mol. The number of hydrogen-bond acceptors (Lipinski definition) is 2. The van der Waals surface area contributed by atoms with Crippen molar-refractivity contribution in [3.8, 4) is 0 Å². The summed E-state index contributed by atoms with van der Waals surface area (Å²) in [6, 6.07) is 3.55. The number of rotatable bonds is 1. The van der Waals surface area contributed by atoms with Crippen LogP contribution in [0.1, 0.15) is 10.5 Å². The number of pyridine rings is 1. The lowest BCUT2D eigenvalue weighted by Gasteiger charge is -1.88. The third-order valence-electron chi connectivity index (χ3n) is 1.05. The Balaban J connectivity index is 3.01. The lowest BCUT2D eigenvalue weighted by Crippen LogP contribution is -2.02. The van der Waals surface area contributed by atoms with Crippen molar-refractivity contribution >= 4 is 19.6 Å². The molecule has 9 heavy (non-hydrogen) atoms. The molecule has 0 unspecified atom stereocenters. The van der Waals surface area contributed by atoms with Gasteiger partial charge in [-0.1, -0.05) is 11.5 Å². The maximum absolute atomic E-state index is 10.1. The zero-order chi connectivity index (χ0) is 6.69. The first kappa shape index (κ1) is 6.01. The third kappa shape index (κ3) is 1.39. The number of aromatic nitrogens is 1. The number of hydrogen-bond donors (Lipinski definition) is 0. The molecule has 0 bridgehead atoms. The molecule has 1 heterocycles. The van der Waals surface area contributed by atoms with E-state index in [1.807, 2.05) is 13.9 Å². The van der Waals surface area contributed by atoms with Gasteiger partial charge in [0.05, 0.1) is 0 Å². The molecule has 1 aromatic rings. The Morgan fingerprint density at radius 1 is 1.56 bits per heavy atom. The topological polar surface area (TPSA) is 30.0 Å². The minimum absolute atomic E-state index is 0.487. The van der Waals surface area contributed by atoms with Crippen molar-refractivity contribution in [3.05, 3.63) is 24.0 Å². The van der Waals surface area contributed by atoms with E-state index in [4.69, 9.17) is 0 Å². The van der Waals surface area contributed by atoms with E-state index in [0.29, 0.717) is 5.69 Å². The first-order chi connectivity index (χ1) is 4.33. The molecule has 0 saturated carbocycles. The number of carbonyl (C=O) groups is 1. The predicted octanol–water partition coefficient (Wildman–Crippen LogP) is -0.847. The summed E-state index contributed by atoms with van der Waals surface area (Å²) in [6.45, 7) is 0. The van der Waals surface area contributed by atoms with E-state index in [1.165, 1.54) is 0 Å². The van der Waals surface area contributed by atoms with Gasteiger partial charge in [-0.25, -0.2) is 0 Å². The van der Waals surface area contributed by atoms with Crippen molar-refractivity contribution in [2.75, 3.05) is 0 Å². The summed E-state index contributed by atoms with van der Waals surface area (Å²) in [5, 5.41) is 0. The minimum atomic E-state index is 0.487. The number of carbonyl (C=O) groups excluding carboxylic acids is 1. The van der Waals surface area contributed by atoms with Gasteiger partial charge in [-0.15, -0.1) is 0 Å². The molecule has 0 amide bonds. The van der Waals surface area contributed by atoms with Crippen molar-refractivity contribution in [1.82, 2.24) is 4.98 Å². The largest absolute Gasteiger partial charge is 0.296 e. The average molecular weight is 119 g/mol. The van der Waals surface area contributed by atoms with Crippen LogP contribution in [-0.2, 0) is 0 Å². The Morgan fingerprint density at radius 2 is 2.33 bits per heavy atom. The Kier molecular flexibility index (Phi) is 1.63. The molecule has 1 rings (SSSR count). The fraction of sp³-hybridized carbons (Fsp3) is 0. The molecule has 0 aromatic carbocycles. The molecule has 0 fully saturated rings. The Morgan fingerprint density at radius 3 is 2.78 bits per heavy atom. The summed E-state index contributed by atoms with van der Waals surface area (Å²) in [6.07, 6.45) is 2.41. The highest BCUT2D eigenvalue weighted by Gasteiger charge is 1.86. The van der Waals surface area contributed by atoms with Gasteiger partial charge in [0.2, 0.25) is 0 Å². The molecular formula is C6H6BNO. The van der Waals surface area contributed by atoms with Gasteiger partial charge in [-0.2, -0.15) is 0 Å². The molecule has 2 nitrogen and oxygen atoms in total. The first-order valence-corrected chi connectivity index (χ1v) is 2.71. The molecule has 0 N–H and O–H groups in total. The highest BCUT2D eigenvalue weighted by molar-refractivity contribution is 6.32. The van der Waals surface area contributed by atoms with Crippen LogP contribution in [0.25, 0.3) is 0 Å². The van der Waals surface area contributed by atoms with E-state index in [0.717, 1.165) is 11.7 Å². The van der Waals surface area contributed by atoms with Crippen LogP contribution in [0.5, 0.6) is 0 Å². The monoisotopic (exact) mass is 119 g/mol. The maximum atomic E-state index is 10.1. The fourth-order valence-corrected chi connectivity index (χ4v) is 0.549. The van der Waals surface area contributed by atoms with Crippen molar-refractivity contribution in [3.63, 3.8) is 0 Å². The summed E-state index contributed by atoms with van der Waals surface area (Å²) in [5.74, 6) is 0. The molecule has 0 aliphatic heterocycles. The molecule has 0 saturated heterocycles. The molecule has 0 aliphatic rings. The van der Waals surface area contributed by atoms with Gasteiger partial charge in [0.15, 0.2) is 6.29 Å². The third-order valence-corrected chi connectivity index (χ3v) is 1.05. The lowest BCUT2D eigenvalue weighted by molar-refractivity contribution is 0.111. The van der Waals surface area contributed by atoms with Crippen LogP contribution in [-0.4, -0.2) is 19.1 Å². The van der Waals surface area contributed by atoms with Gasteiger partial charge >= 0.3 is 0 Å². The number of nitrogens with zero attached hydrogens (tertiary/aromatic N) is 1. The standard InChI is InChI=1S/C6H6BNO/c7-5-1-2-6(4-9)8-3-5/h1-4H,7H2. The van der Waals surface area contributed by atoms with Crippen molar-refractivity contribution in [1.29, 1.82) is 0 Å². The van der Waals surface area contributed by atoms with E-state index in [-0.39, 0.29) is 0 Å². The van der Waals surface area contributed by atoms with Gasteiger partial charge in [0.25, 0.3) is 0 Å². The molecular weight excluding hydrogens is 113 g/mol.